The predicted octanol–water partition coefficient (Wildman–Crippen LogP) is 2.35. The van der Waals surface area contributed by atoms with E-state index in [1.54, 1.807) is 6.20 Å². The maximum Gasteiger partial charge on any atom is 0.155 e. The summed E-state index contributed by atoms with van der Waals surface area (Å²) in [5.41, 5.74) is 9.47. The van der Waals surface area contributed by atoms with Crippen LogP contribution in [0.5, 0.6) is 0 Å². The van der Waals surface area contributed by atoms with E-state index in [9.17, 15) is 10.2 Å². The molecule has 0 radical (unpaired) electrons. The lowest BCUT2D eigenvalue weighted by atomic mass is 9.95. The number of pyridine rings is 1. The lowest BCUT2D eigenvalue weighted by Crippen LogP contribution is -2.29. The highest BCUT2D eigenvalue weighted by Crippen LogP contribution is 2.39. The maximum absolute atomic E-state index is 10.8. The standard InChI is InChI=1S/C23H23N7O2/c24-21-16-5-6-30(23(16)26-11-25-21)18-9-14(19(31)20(18)32)4-2-12-1-3-13-8-15-10-27-29-22(15)28-17(13)7-12/h1,3,5-8,10-11,14,18-20,31-32H,2,4,9H2,(H2,24,25,26)(H,27,28,29)/t14-,18+,19+,20-/m0/s1. The molecule has 0 aliphatic heterocycles. The Balaban J connectivity index is 1.22. The molecule has 4 heterocycles. The van der Waals surface area contributed by atoms with E-state index in [0.29, 0.717) is 17.9 Å². The van der Waals surface area contributed by atoms with E-state index in [1.807, 2.05) is 16.8 Å². The first kappa shape index (κ1) is 19.1. The van der Waals surface area contributed by atoms with Gasteiger partial charge in [0.1, 0.15) is 23.9 Å². The minimum atomic E-state index is -0.862. The summed E-state index contributed by atoms with van der Waals surface area (Å²) >= 11 is 0. The van der Waals surface area contributed by atoms with Crippen molar-refractivity contribution in [3.05, 3.63) is 54.6 Å². The first-order valence-corrected chi connectivity index (χ1v) is 10.7. The number of nitrogens with one attached hydrogen (secondary N) is 1. The molecular weight excluding hydrogens is 406 g/mol. The van der Waals surface area contributed by atoms with E-state index in [-0.39, 0.29) is 12.0 Å². The number of H-pyrrole nitrogens is 1. The van der Waals surface area contributed by atoms with Crippen LogP contribution in [0.3, 0.4) is 0 Å². The average Bonchev–Trinajstić information content (AvgIpc) is 3.50. The van der Waals surface area contributed by atoms with Crippen LogP contribution in [0.1, 0.15) is 24.4 Å². The molecule has 1 aliphatic carbocycles. The second-order valence-corrected chi connectivity index (χ2v) is 8.63. The number of fused-ring (bicyclic) bond motifs is 3. The van der Waals surface area contributed by atoms with Crippen molar-refractivity contribution in [3.63, 3.8) is 0 Å². The summed E-state index contributed by atoms with van der Waals surface area (Å²) in [7, 11) is 0. The fourth-order valence-corrected chi connectivity index (χ4v) is 5.01. The fraction of sp³-hybridized carbons (Fsp3) is 0.304. The Labute approximate surface area is 182 Å². The number of aliphatic hydroxyl groups excluding tert-OH is 2. The summed E-state index contributed by atoms with van der Waals surface area (Å²) in [6, 6.07) is 9.94. The first-order chi connectivity index (χ1) is 15.6. The van der Waals surface area contributed by atoms with Gasteiger partial charge in [-0.15, -0.1) is 0 Å². The SMILES string of the molecule is Nc1ncnc2c1ccn2[C@@H]1C[C@H](CCc2ccc3cc4cn[nH]c4nc3c2)[C@@H](O)[C@H]1O. The number of benzene rings is 1. The van der Waals surface area contributed by atoms with Crippen LogP contribution >= 0.6 is 0 Å². The van der Waals surface area contributed by atoms with Gasteiger partial charge in [-0.1, -0.05) is 12.1 Å². The van der Waals surface area contributed by atoms with E-state index < -0.39 is 12.2 Å². The number of aliphatic hydroxyl groups is 2. The number of hydrogen-bond donors (Lipinski definition) is 4. The van der Waals surface area contributed by atoms with Gasteiger partial charge in [-0.05, 0) is 48.9 Å². The Hall–Kier alpha value is -3.56. The predicted molar refractivity (Wildman–Crippen MR) is 121 cm³/mol. The van der Waals surface area contributed by atoms with Crippen LogP contribution in [0.25, 0.3) is 33.0 Å². The number of nitrogens with two attached hydrogens (primary N) is 1. The van der Waals surface area contributed by atoms with E-state index >= 15 is 0 Å². The molecule has 32 heavy (non-hydrogen) atoms. The molecule has 0 bridgehead atoms. The molecule has 6 rings (SSSR count). The molecule has 9 heteroatoms. The van der Waals surface area contributed by atoms with Gasteiger partial charge in [0.15, 0.2) is 5.65 Å². The molecule has 0 saturated heterocycles. The molecule has 4 aromatic heterocycles. The molecule has 9 nitrogen and oxygen atoms in total. The van der Waals surface area contributed by atoms with Gasteiger partial charge in [0.2, 0.25) is 0 Å². The number of nitrogens with zero attached hydrogens (tertiary/aromatic N) is 5. The summed E-state index contributed by atoms with van der Waals surface area (Å²) in [6.45, 7) is 0. The van der Waals surface area contributed by atoms with E-state index in [2.05, 4.69) is 49.4 Å². The minimum Gasteiger partial charge on any atom is -0.390 e. The number of anilines is 1. The monoisotopic (exact) mass is 429 g/mol. The van der Waals surface area contributed by atoms with Crippen LogP contribution < -0.4 is 5.73 Å². The average molecular weight is 429 g/mol. The first-order valence-electron chi connectivity index (χ1n) is 10.7. The van der Waals surface area contributed by atoms with Crippen LogP contribution in [0, 0.1) is 5.92 Å². The molecule has 0 unspecified atom stereocenters. The van der Waals surface area contributed by atoms with Gasteiger partial charge in [-0.3, -0.25) is 5.10 Å². The Morgan fingerprint density at radius 2 is 2.00 bits per heavy atom. The smallest absolute Gasteiger partial charge is 0.155 e. The highest BCUT2D eigenvalue weighted by Gasteiger charge is 2.42. The molecular formula is C23H23N7O2. The van der Waals surface area contributed by atoms with Crippen molar-refractivity contribution in [2.45, 2.75) is 37.5 Å². The number of aromatic nitrogens is 6. The molecule has 1 aromatic carbocycles. The molecule has 1 saturated carbocycles. The Morgan fingerprint density at radius 3 is 2.91 bits per heavy atom. The highest BCUT2D eigenvalue weighted by atomic mass is 16.3. The van der Waals surface area contributed by atoms with Crippen molar-refractivity contribution >= 4 is 38.8 Å². The van der Waals surface area contributed by atoms with Crippen molar-refractivity contribution in [1.29, 1.82) is 0 Å². The van der Waals surface area contributed by atoms with Crippen molar-refractivity contribution in [2.24, 2.45) is 5.92 Å². The van der Waals surface area contributed by atoms with Crippen molar-refractivity contribution in [3.8, 4) is 0 Å². The zero-order valence-corrected chi connectivity index (χ0v) is 17.3. The van der Waals surface area contributed by atoms with Crippen molar-refractivity contribution in [2.75, 3.05) is 5.73 Å². The molecule has 0 spiro atoms. The van der Waals surface area contributed by atoms with E-state index in [1.165, 1.54) is 6.33 Å². The topological polar surface area (TPSA) is 139 Å². The lowest BCUT2D eigenvalue weighted by Gasteiger charge is -2.19. The summed E-state index contributed by atoms with van der Waals surface area (Å²) in [4.78, 5) is 13.0. The summed E-state index contributed by atoms with van der Waals surface area (Å²) in [6.07, 6.45) is 5.63. The lowest BCUT2D eigenvalue weighted by molar-refractivity contribution is 0.00545. The van der Waals surface area contributed by atoms with Crippen LogP contribution in [-0.4, -0.2) is 52.1 Å². The highest BCUT2D eigenvalue weighted by molar-refractivity contribution is 5.91. The van der Waals surface area contributed by atoms with Gasteiger partial charge in [-0.25, -0.2) is 15.0 Å². The van der Waals surface area contributed by atoms with E-state index in [0.717, 1.165) is 45.7 Å². The Morgan fingerprint density at radius 1 is 1.09 bits per heavy atom. The van der Waals surface area contributed by atoms with Crippen molar-refractivity contribution < 1.29 is 10.2 Å². The zero-order chi connectivity index (χ0) is 21.8. The van der Waals surface area contributed by atoms with Gasteiger partial charge in [0.05, 0.1) is 29.2 Å². The third-order valence-corrected chi connectivity index (χ3v) is 6.76. The van der Waals surface area contributed by atoms with Gasteiger partial charge < -0.3 is 20.5 Å². The third-order valence-electron chi connectivity index (χ3n) is 6.76. The number of aryl methyl sites for hydroxylation is 1. The number of nitrogen functional groups attached to an aromatic ring is 1. The number of hydrogen-bond acceptors (Lipinski definition) is 7. The minimum absolute atomic E-state index is 0.0228. The largest absolute Gasteiger partial charge is 0.390 e. The second-order valence-electron chi connectivity index (χ2n) is 8.63. The van der Waals surface area contributed by atoms with Crippen LogP contribution in [0.2, 0.25) is 0 Å². The van der Waals surface area contributed by atoms with Gasteiger partial charge in [0.25, 0.3) is 0 Å². The van der Waals surface area contributed by atoms with Gasteiger partial charge in [0, 0.05) is 17.0 Å². The summed E-state index contributed by atoms with van der Waals surface area (Å²) in [5, 5.41) is 31.3. The normalized spacial score (nSPS) is 23.6. The summed E-state index contributed by atoms with van der Waals surface area (Å²) in [5.74, 6) is 0.390. The fourth-order valence-electron chi connectivity index (χ4n) is 5.01. The van der Waals surface area contributed by atoms with E-state index in [4.69, 9.17) is 5.73 Å². The number of aromatic amines is 1. The number of rotatable bonds is 4. The summed E-state index contributed by atoms with van der Waals surface area (Å²) < 4.78 is 1.91. The molecule has 4 atom stereocenters. The third kappa shape index (κ3) is 3.01. The van der Waals surface area contributed by atoms with Crippen LogP contribution in [0.4, 0.5) is 5.82 Å². The molecule has 0 amide bonds. The Kier molecular flexibility index (Phi) is 4.34. The molecule has 5 N–H and O–H groups in total. The quantitative estimate of drug-likeness (QED) is 0.344. The molecule has 1 fully saturated rings. The molecule has 162 valence electrons. The van der Waals surface area contributed by atoms with Crippen molar-refractivity contribution in [1.82, 2.24) is 29.7 Å². The zero-order valence-electron chi connectivity index (χ0n) is 17.3. The molecule has 5 aromatic rings. The van der Waals surface area contributed by atoms with Gasteiger partial charge >= 0.3 is 0 Å². The maximum atomic E-state index is 10.8. The van der Waals surface area contributed by atoms with Crippen LogP contribution in [-0.2, 0) is 6.42 Å². The molecule has 1 aliphatic rings. The second kappa shape index (κ2) is 7.25. The Bertz CT molecular complexity index is 1440. The van der Waals surface area contributed by atoms with Crippen LogP contribution in [0.15, 0.2) is 49.1 Å². The van der Waals surface area contributed by atoms with Gasteiger partial charge in [-0.2, -0.15) is 5.10 Å².